The highest BCUT2D eigenvalue weighted by atomic mass is 35.5. The predicted molar refractivity (Wildman–Crippen MR) is 230 cm³/mol. The fourth-order valence-corrected chi connectivity index (χ4v) is 7.10. The van der Waals surface area contributed by atoms with Crippen LogP contribution in [0.1, 0.15) is 53.7 Å². The number of phenolic OH excluding ortho intramolecular Hbond substituents is 2. The third kappa shape index (κ3) is 11.2. The van der Waals surface area contributed by atoms with E-state index in [4.69, 9.17) is 23.1 Å². The molecule has 64 heavy (non-hydrogen) atoms. The van der Waals surface area contributed by atoms with E-state index in [0.717, 1.165) is 16.0 Å². The van der Waals surface area contributed by atoms with Gasteiger partial charge in [-0.25, -0.2) is 0 Å². The Kier molecular flexibility index (Phi) is 15.4. The lowest BCUT2D eigenvalue weighted by molar-refractivity contribution is -0.158. The molecule has 4 aromatic carbocycles. The van der Waals surface area contributed by atoms with E-state index in [1.807, 2.05) is 17.4 Å². The molecule has 0 saturated heterocycles. The van der Waals surface area contributed by atoms with Gasteiger partial charge in [-0.3, -0.25) is 33.6 Å². The Bertz CT molecular complexity index is 2440. The fourth-order valence-electron chi connectivity index (χ4n) is 6.97. The van der Waals surface area contributed by atoms with Crippen LogP contribution in [0, 0.1) is 0 Å². The maximum absolute atomic E-state index is 14.5. The Morgan fingerprint density at radius 3 is 2.06 bits per heavy atom. The number of aromatic hydroxyl groups is 2. The number of alkyl halides is 2. The number of halogens is 3. The van der Waals surface area contributed by atoms with Gasteiger partial charge < -0.3 is 53.6 Å². The Morgan fingerprint density at radius 2 is 1.45 bits per heavy atom. The molecule has 0 aliphatic carbocycles. The highest BCUT2D eigenvalue weighted by Gasteiger charge is 2.48. The minimum absolute atomic E-state index is 0.0251. The van der Waals surface area contributed by atoms with Crippen LogP contribution in [0.25, 0.3) is 22.3 Å². The van der Waals surface area contributed by atoms with Crippen LogP contribution in [-0.2, 0) is 35.2 Å². The van der Waals surface area contributed by atoms with Crippen LogP contribution in [0.3, 0.4) is 0 Å². The number of amides is 6. The molecule has 4 bridgehead atoms. The van der Waals surface area contributed by atoms with Crippen LogP contribution in [0.4, 0.5) is 8.78 Å². The molecular formula is C44H47ClF2N8O9. The zero-order chi connectivity index (χ0) is 47.0. The minimum atomic E-state index is -4.74. The summed E-state index contributed by atoms with van der Waals surface area (Å²) in [4.78, 5) is 94.1. The van der Waals surface area contributed by atoms with Gasteiger partial charge in [0, 0.05) is 35.2 Å². The average Bonchev–Trinajstić information content (AvgIpc) is 3.26. The molecule has 17 nitrogen and oxygen atoms in total. The van der Waals surface area contributed by atoms with Crippen molar-refractivity contribution in [1.29, 1.82) is 0 Å². The van der Waals surface area contributed by atoms with Crippen LogP contribution in [-0.4, -0.2) is 100 Å². The number of nitrogens with one attached hydrogen (secondary N) is 4. The summed E-state index contributed by atoms with van der Waals surface area (Å²) in [6, 6.07) is 15.7. The molecule has 0 spiro atoms. The smallest absolute Gasteiger partial charge is 0.384 e. The molecule has 6 amide bonds. The SMILES string of the molecule is C[C@@H]1NC(=O)[C@@H](N(C)C(=O)[C@H](CCCCN)NC(=O)c2ccc(-c3ccc(Cl)cc3)cc2)c2ccc(O)c(c2)-c2cc(ccc2O)C[C@@H](C(=O)N[C@@H](N)C(=O)C(F)(F)C(N)=O)NC1=O. The minimum Gasteiger partial charge on any atom is -0.507 e. The first-order chi connectivity index (χ1) is 30.2. The number of Topliss-reactive ketones (excluding diaryl/α,β-unsaturated/α-hetero) is 1. The predicted octanol–water partition coefficient (Wildman–Crippen LogP) is 2.15. The molecule has 0 fully saturated rings. The van der Waals surface area contributed by atoms with Crippen molar-refractivity contribution >= 4 is 52.8 Å². The van der Waals surface area contributed by atoms with Crippen LogP contribution in [0.2, 0.25) is 5.02 Å². The van der Waals surface area contributed by atoms with Crippen LogP contribution >= 0.6 is 11.6 Å². The molecular weight excluding hydrogens is 858 g/mol. The standard InChI is InChI=1S/C44H47ClF2N8O9/c1-22-38(59)53-32(40(61)54-37(49)36(58)44(46,47)43(50)64)20-23-6-16-33(56)29(19-23)30-21-27(13-17-34(30)57)35(41(62)51-22)55(2)42(63)31(5-3-4-18-48)52-39(60)26-9-7-24(8-10-26)25-11-14-28(45)15-12-25/h6-17,19,21-22,31-32,35,37,56-57H,3-5,18,20,48-49H2,1-2H3,(H2,50,64)(H,51,62)(H,52,60)(H,53,59)(H,54,61)/t22-,31-,32-,35-,37+/m0/s1. The summed E-state index contributed by atoms with van der Waals surface area (Å²) in [6.07, 6.45) is -1.85. The van der Waals surface area contributed by atoms with E-state index in [9.17, 15) is 52.6 Å². The molecule has 0 radical (unpaired) electrons. The third-order valence-corrected chi connectivity index (χ3v) is 10.8. The van der Waals surface area contributed by atoms with Crippen molar-refractivity contribution in [2.75, 3.05) is 13.6 Å². The van der Waals surface area contributed by atoms with E-state index < -0.39 is 83.9 Å². The summed E-state index contributed by atoms with van der Waals surface area (Å²) in [6.45, 7) is 1.55. The lowest BCUT2D eigenvalue weighted by atomic mass is 9.93. The molecule has 0 saturated carbocycles. The highest BCUT2D eigenvalue weighted by molar-refractivity contribution is 6.30. The molecule has 338 valence electrons. The van der Waals surface area contributed by atoms with Crippen molar-refractivity contribution in [1.82, 2.24) is 26.2 Å². The molecule has 20 heteroatoms. The van der Waals surface area contributed by atoms with Gasteiger partial charge in [0.1, 0.15) is 41.8 Å². The summed E-state index contributed by atoms with van der Waals surface area (Å²) >= 11 is 6.02. The summed E-state index contributed by atoms with van der Waals surface area (Å²) in [7, 11) is 1.31. The Labute approximate surface area is 370 Å². The number of phenols is 2. The maximum atomic E-state index is 14.5. The first-order valence-corrected chi connectivity index (χ1v) is 20.3. The van der Waals surface area contributed by atoms with Crippen molar-refractivity contribution in [2.24, 2.45) is 17.2 Å². The Balaban J connectivity index is 1.49. The molecule has 0 unspecified atom stereocenters. The second-order valence-electron chi connectivity index (χ2n) is 15.2. The number of primary amides is 1. The first kappa shape index (κ1) is 48.1. The second kappa shape index (κ2) is 20.5. The van der Waals surface area contributed by atoms with E-state index >= 15 is 0 Å². The number of hydrogen-bond donors (Lipinski definition) is 9. The van der Waals surface area contributed by atoms with E-state index in [0.29, 0.717) is 24.4 Å². The lowest BCUT2D eigenvalue weighted by Crippen LogP contribution is -2.61. The number of ketones is 1. The number of rotatable bonds is 14. The Hall–Kier alpha value is -6.96. The zero-order valence-corrected chi connectivity index (χ0v) is 35.3. The summed E-state index contributed by atoms with van der Waals surface area (Å²) in [5.74, 6) is -14.5. The van der Waals surface area contributed by atoms with Crippen LogP contribution in [0.5, 0.6) is 11.5 Å². The number of fused-ring (bicyclic) bond motifs is 5. The zero-order valence-electron chi connectivity index (χ0n) is 34.6. The number of carbonyl (C=O) groups is 7. The number of benzene rings is 4. The van der Waals surface area contributed by atoms with E-state index in [1.54, 1.807) is 36.4 Å². The van der Waals surface area contributed by atoms with Crippen molar-refractivity contribution in [2.45, 2.75) is 68.9 Å². The molecule has 0 aromatic heterocycles. The summed E-state index contributed by atoms with van der Waals surface area (Å²) < 4.78 is 28.2. The van der Waals surface area contributed by atoms with Gasteiger partial charge in [-0.2, -0.15) is 8.78 Å². The molecule has 5 atom stereocenters. The third-order valence-electron chi connectivity index (χ3n) is 10.6. The van der Waals surface area contributed by atoms with E-state index in [1.165, 1.54) is 50.4 Å². The van der Waals surface area contributed by atoms with Gasteiger partial charge in [-0.15, -0.1) is 0 Å². The fraction of sp³-hybridized carbons (Fsp3) is 0.295. The van der Waals surface area contributed by atoms with Crippen molar-refractivity contribution < 1.29 is 52.6 Å². The number of carbonyl (C=O) groups excluding carboxylic acids is 7. The second-order valence-corrected chi connectivity index (χ2v) is 15.6. The highest BCUT2D eigenvalue weighted by Crippen LogP contribution is 2.39. The number of nitrogens with zero attached hydrogens (tertiary/aromatic N) is 1. The lowest BCUT2D eigenvalue weighted by Gasteiger charge is -2.32. The van der Waals surface area contributed by atoms with Gasteiger partial charge in [0.2, 0.25) is 29.4 Å². The van der Waals surface area contributed by atoms with E-state index in [-0.39, 0.29) is 45.7 Å². The quantitative estimate of drug-likeness (QED) is 0.0502. The van der Waals surface area contributed by atoms with Gasteiger partial charge in [0.25, 0.3) is 11.8 Å². The van der Waals surface area contributed by atoms with Gasteiger partial charge >= 0.3 is 5.92 Å². The van der Waals surface area contributed by atoms with Crippen molar-refractivity contribution in [3.05, 3.63) is 107 Å². The van der Waals surface area contributed by atoms with Crippen molar-refractivity contribution in [3.8, 4) is 33.8 Å². The molecule has 1 aliphatic rings. The monoisotopic (exact) mass is 904 g/mol. The van der Waals surface area contributed by atoms with E-state index in [2.05, 4.69) is 21.7 Å². The largest absolute Gasteiger partial charge is 0.507 e. The molecule has 12 N–H and O–H groups in total. The summed E-state index contributed by atoms with van der Waals surface area (Å²) in [5, 5.41) is 32.2. The summed E-state index contributed by atoms with van der Waals surface area (Å²) in [5.41, 5.74) is 18.1. The molecule has 5 rings (SSSR count). The van der Waals surface area contributed by atoms with Gasteiger partial charge in [0.05, 0.1) is 0 Å². The van der Waals surface area contributed by atoms with Crippen molar-refractivity contribution in [3.63, 3.8) is 0 Å². The van der Waals surface area contributed by atoms with Gasteiger partial charge in [0.15, 0.2) is 0 Å². The number of unbranched alkanes of at least 4 members (excludes halogenated alkanes) is 1. The maximum Gasteiger partial charge on any atom is 0.384 e. The van der Waals surface area contributed by atoms with Gasteiger partial charge in [-0.1, -0.05) is 48.0 Å². The normalized spacial score (nSPS) is 17.4. The number of nitrogens with two attached hydrogens (primary N) is 3. The number of hydrogen-bond acceptors (Lipinski definition) is 11. The average molecular weight is 905 g/mol. The van der Waals surface area contributed by atoms with Crippen LogP contribution in [0.15, 0.2) is 84.9 Å². The van der Waals surface area contributed by atoms with Crippen LogP contribution < -0.4 is 38.5 Å². The first-order valence-electron chi connectivity index (χ1n) is 19.9. The number of likely N-dealkylation sites (N-methyl/N-ethyl adjacent to an activating group) is 1. The molecule has 1 heterocycles. The van der Waals surface area contributed by atoms with Gasteiger partial charge in [-0.05, 0) is 104 Å². The molecule has 1 aliphatic heterocycles. The Morgan fingerprint density at radius 1 is 0.859 bits per heavy atom. The topological polar surface area (TPSA) is 289 Å². The molecule has 4 aromatic rings.